The number of hydrogen-bond donors (Lipinski definition) is 0. The van der Waals surface area contributed by atoms with E-state index in [2.05, 4.69) is 20.8 Å². The van der Waals surface area contributed by atoms with E-state index in [4.69, 9.17) is 0 Å². The third kappa shape index (κ3) is 0.973. The lowest BCUT2D eigenvalue weighted by Crippen LogP contribution is -2.07. The van der Waals surface area contributed by atoms with Gasteiger partial charge in [0.05, 0.1) is 6.67 Å². The molecular formula is C8H15F. The van der Waals surface area contributed by atoms with Crippen LogP contribution in [0.4, 0.5) is 4.39 Å². The summed E-state index contributed by atoms with van der Waals surface area (Å²) in [5.41, 5.74) is 0.342. The van der Waals surface area contributed by atoms with E-state index in [9.17, 15) is 4.39 Å². The highest BCUT2D eigenvalue weighted by Crippen LogP contribution is 2.57. The van der Waals surface area contributed by atoms with Gasteiger partial charge in [-0.05, 0) is 23.7 Å². The Morgan fingerprint density at radius 2 is 2.22 bits per heavy atom. The Balaban J connectivity index is 2.42. The molecule has 9 heavy (non-hydrogen) atoms. The average molecular weight is 130 g/mol. The highest BCUT2D eigenvalue weighted by molar-refractivity contribution is 5.00. The molecule has 1 heteroatoms. The number of alkyl halides is 1. The summed E-state index contributed by atoms with van der Waals surface area (Å²) in [6.45, 7) is 6.42. The zero-order valence-corrected chi connectivity index (χ0v) is 6.45. The summed E-state index contributed by atoms with van der Waals surface area (Å²) in [6.07, 6.45) is 1.10. The van der Waals surface area contributed by atoms with Gasteiger partial charge in [-0.15, -0.1) is 0 Å². The van der Waals surface area contributed by atoms with Crippen LogP contribution in [0.15, 0.2) is 0 Å². The van der Waals surface area contributed by atoms with E-state index in [-0.39, 0.29) is 6.67 Å². The van der Waals surface area contributed by atoms with E-state index < -0.39 is 0 Å². The average Bonchev–Trinajstić information content (AvgIpc) is 2.44. The van der Waals surface area contributed by atoms with Crippen molar-refractivity contribution in [2.45, 2.75) is 27.2 Å². The Morgan fingerprint density at radius 3 is 2.33 bits per heavy atom. The topological polar surface area (TPSA) is 0 Å². The summed E-state index contributed by atoms with van der Waals surface area (Å²) in [5, 5.41) is 0. The fourth-order valence-corrected chi connectivity index (χ4v) is 1.41. The van der Waals surface area contributed by atoms with Crippen molar-refractivity contribution in [3.8, 4) is 0 Å². The van der Waals surface area contributed by atoms with Crippen molar-refractivity contribution in [2.75, 3.05) is 6.67 Å². The zero-order valence-electron chi connectivity index (χ0n) is 6.45. The third-order valence-corrected chi connectivity index (χ3v) is 2.96. The molecule has 0 aliphatic heterocycles. The van der Waals surface area contributed by atoms with Gasteiger partial charge in [-0.25, -0.2) is 0 Å². The minimum atomic E-state index is -0.116. The van der Waals surface area contributed by atoms with Gasteiger partial charge < -0.3 is 0 Å². The molecule has 0 aromatic heterocycles. The van der Waals surface area contributed by atoms with E-state index in [1.807, 2.05) is 0 Å². The Morgan fingerprint density at radius 1 is 1.67 bits per heavy atom. The van der Waals surface area contributed by atoms with Gasteiger partial charge >= 0.3 is 0 Å². The molecule has 1 saturated carbocycles. The molecule has 0 N–H and O–H groups in total. The Labute approximate surface area is 56.5 Å². The predicted molar refractivity (Wildman–Crippen MR) is 37.0 cm³/mol. The van der Waals surface area contributed by atoms with Crippen LogP contribution in [0.5, 0.6) is 0 Å². The first kappa shape index (κ1) is 7.04. The molecule has 1 aliphatic rings. The molecule has 0 radical (unpaired) electrons. The number of hydrogen-bond acceptors (Lipinski definition) is 0. The van der Waals surface area contributed by atoms with Gasteiger partial charge in [0, 0.05) is 0 Å². The monoisotopic (exact) mass is 130 g/mol. The molecule has 54 valence electrons. The van der Waals surface area contributed by atoms with E-state index in [0.717, 1.165) is 6.42 Å². The molecule has 2 atom stereocenters. The molecule has 0 amide bonds. The quantitative estimate of drug-likeness (QED) is 0.539. The van der Waals surface area contributed by atoms with Crippen molar-refractivity contribution in [1.29, 1.82) is 0 Å². The molecule has 0 spiro atoms. The lowest BCUT2D eigenvalue weighted by Gasteiger charge is -2.13. The Hall–Kier alpha value is -0.0700. The lowest BCUT2D eigenvalue weighted by molar-refractivity contribution is 0.319. The molecule has 0 aromatic carbocycles. The fourth-order valence-electron chi connectivity index (χ4n) is 1.41. The summed E-state index contributed by atoms with van der Waals surface area (Å²) in [5.74, 6) is 1.02. The molecule has 0 aromatic rings. The highest BCUT2D eigenvalue weighted by Gasteiger charge is 2.51. The van der Waals surface area contributed by atoms with Crippen molar-refractivity contribution >= 4 is 0 Å². The zero-order chi connectivity index (χ0) is 7.07. The second-order valence-electron chi connectivity index (χ2n) is 3.72. The first-order valence-corrected chi connectivity index (χ1v) is 3.67. The van der Waals surface area contributed by atoms with Crippen molar-refractivity contribution in [1.82, 2.24) is 0 Å². The van der Waals surface area contributed by atoms with E-state index in [1.54, 1.807) is 0 Å². The Bertz CT molecular complexity index is 109. The van der Waals surface area contributed by atoms with Gasteiger partial charge in [0.1, 0.15) is 0 Å². The van der Waals surface area contributed by atoms with Crippen molar-refractivity contribution < 1.29 is 4.39 Å². The van der Waals surface area contributed by atoms with Crippen LogP contribution in [-0.4, -0.2) is 6.67 Å². The summed E-state index contributed by atoms with van der Waals surface area (Å²) in [7, 11) is 0. The minimum Gasteiger partial charge on any atom is -0.251 e. The molecule has 0 saturated heterocycles. The SMILES string of the molecule is CC(C)C1(C)C[C@H]1CF. The molecule has 1 unspecified atom stereocenters. The van der Waals surface area contributed by atoms with Crippen LogP contribution in [0, 0.1) is 17.3 Å². The van der Waals surface area contributed by atoms with Crippen LogP contribution in [0.2, 0.25) is 0 Å². The largest absolute Gasteiger partial charge is 0.251 e. The van der Waals surface area contributed by atoms with Crippen LogP contribution in [-0.2, 0) is 0 Å². The summed E-state index contributed by atoms with van der Waals surface area (Å²) in [6, 6.07) is 0. The van der Waals surface area contributed by atoms with Gasteiger partial charge in [-0.2, -0.15) is 0 Å². The van der Waals surface area contributed by atoms with Crippen molar-refractivity contribution in [3.05, 3.63) is 0 Å². The third-order valence-electron chi connectivity index (χ3n) is 2.96. The minimum absolute atomic E-state index is 0.116. The fraction of sp³-hybridized carbons (Fsp3) is 1.00. The number of rotatable bonds is 2. The lowest BCUT2D eigenvalue weighted by atomic mass is 9.92. The summed E-state index contributed by atoms with van der Waals surface area (Å²) >= 11 is 0. The Kier molecular flexibility index (Phi) is 1.54. The first-order chi connectivity index (χ1) is 4.11. The predicted octanol–water partition coefficient (Wildman–Crippen LogP) is 2.64. The van der Waals surface area contributed by atoms with Crippen molar-refractivity contribution in [2.24, 2.45) is 17.3 Å². The second kappa shape index (κ2) is 1.96. The van der Waals surface area contributed by atoms with E-state index in [1.165, 1.54) is 0 Å². The van der Waals surface area contributed by atoms with Gasteiger partial charge in [-0.1, -0.05) is 20.8 Å². The maximum absolute atomic E-state index is 12.0. The van der Waals surface area contributed by atoms with Gasteiger partial charge in [0.25, 0.3) is 0 Å². The van der Waals surface area contributed by atoms with Gasteiger partial charge in [0.2, 0.25) is 0 Å². The number of halogens is 1. The van der Waals surface area contributed by atoms with Gasteiger partial charge in [-0.3, -0.25) is 4.39 Å². The second-order valence-corrected chi connectivity index (χ2v) is 3.72. The molecule has 1 rings (SSSR count). The van der Waals surface area contributed by atoms with Crippen molar-refractivity contribution in [3.63, 3.8) is 0 Å². The molecule has 0 nitrogen and oxygen atoms in total. The standard InChI is InChI=1S/C8H15F/c1-6(2)8(3)4-7(8)5-9/h6-7H,4-5H2,1-3H3/t7-,8?/m0/s1. The van der Waals surface area contributed by atoms with Crippen LogP contribution in [0.1, 0.15) is 27.2 Å². The maximum atomic E-state index is 12.0. The summed E-state index contributed by atoms with van der Waals surface area (Å²) in [4.78, 5) is 0. The van der Waals surface area contributed by atoms with Gasteiger partial charge in [0.15, 0.2) is 0 Å². The molecule has 0 heterocycles. The molecule has 0 bridgehead atoms. The summed E-state index contributed by atoms with van der Waals surface area (Å²) < 4.78 is 12.0. The van der Waals surface area contributed by atoms with E-state index in [0.29, 0.717) is 17.3 Å². The maximum Gasteiger partial charge on any atom is 0.0928 e. The molecule has 1 aliphatic carbocycles. The highest BCUT2D eigenvalue weighted by atomic mass is 19.1. The van der Waals surface area contributed by atoms with Crippen LogP contribution < -0.4 is 0 Å². The smallest absolute Gasteiger partial charge is 0.0928 e. The first-order valence-electron chi connectivity index (χ1n) is 3.67. The molecular weight excluding hydrogens is 115 g/mol. The molecule has 1 fully saturated rings. The van der Waals surface area contributed by atoms with Crippen LogP contribution in [0.25, 0.3) is 0 Å². The van der Waals surface area contributed by atoms with E-state index >= 15 is 0 Å². The van der Waals surface area contributed by atoms with Crippen LogP contribution >= 0.6 is 0 Å². The normalized spacial score (nSPS) is 41.7. The van der Waals surface area contributed by atoms with Crippen LogP contribution in [0.3, 0.4) is 0 Å².